The molecule has 2 heterocycles. The number of nitrogens with one attached hydrogen (secondary N) is 1. The quantitative estimate of drug-likeness (QED) is 0.571. The van der Waals surface area contributed by atoms with Crippen LogP contribution < -0.4 is 11.3 Å². The van der Waals surface area contributed by atoms with Crippen LogP contribution in [0.15, 0.2) is 42.0 Å². The van der Waals surface area contributed by atoms with Gasteiger partial charge < -0.3 is 0 Å². The third kappa shape index (κ3) is 2.56. The van der Waals surface area contributed by atoms with Gasteiger partial charge in [-0.3, -0.25) is 16.3 Å². The fourth-order valence-electron chi connectivity index (χ4n) is 2.41. The van der Waals surface area contributed by atoms with Crippen LogP contribution in [-0.4, -0.2) is 9.97 Å². The van der Waals surface area contributed by atoms with Gasteiger partial charge in [-0.25, -0.2) is 4.98 Å². The fraction of sp³-hybridized carbons (Fsp3) is 0.200. The zero-order valence-electron chi connectivity index (χ0n) is 11.2. The second-order valence-electron chi connectivity index (χ2n) is 4.73. The highest BCUT2D eigenvalue weighted by atomic mass is 32.1. The molecule has 0 aliphatic heterocycles. The van der Waals surface area contributed by atoms with Crippen molar-refractivity contribution in [2.75, 3.05) is 0 Å². The Kier molecular flexibility index (Phi) is 3.73. The number of aromatic nitrogens is 2. The van der Waals surface area contributed by atoms with E-state index in [1.807, 2.05) is 25.3 Å². The Balaban J connectivity index is 1.98. The third-order valence-corrected chi connectivity index (χ3v) is 4.20. The molecule has 3 rings (SSSR count). The van der Waals surface area contributed by atoms with Crippen LogP contribution in [0.1, 0.15) is 22.3 Å². The Hall–Kier alpha value is -1.82. The van der Waals surface area contributed by atoms with Gasteiger partial charge >= 0.3 is 0 Å². The Morgan fingerprint density at radius 2 is 2.25 bits per heavy atom. The molecule has 0 saturated carbocycles. The molecule has 1 unspecified atom stereocenters. The summed E-state index contributed by atoms with van der Waals surface area (Å²) in [5.41, 5.74) is 5.13. The van der Waals surface area contributed by atoms with Gasteiger partial charge in [0, 0.05) is 29.6 Å². The van der Waals surface area contributed by atoms with E-state index in [4.69, 9.17) is 5.84 Å². The minimum Gasteiger partial charge on any atom is -0.271 e. The summed E-state index contributed by atoms with van der Waals surface area (Å²) in [7, 11) is 0. The number of hydrazine groups is 1. The molecule has 0 bridgehead atoms. The molecule has 3 aromatic rings. The first-order valence-corrected chi connectivity index (χ1v) is 7.35. The van der Waals surface area contributed by atoms with E-state index in [0.717, 1.165) is 28.1 Å². The predicted octanol–water partition coefficient (Wildman–Crippen LogP) is 2.75. The molecule has 1 atom stereocenters. The molecule has 0 saturated heterocycles. The zero-order valence-corrected chi connectivity index (χ0v) is 12.0. The maximum absolute atomic E-state index is 5.76. The fourth-order valence-corrected chi connectivity index (χ4v) is 3.04. The summed E-state index contributed by atoms with van der Waals surface area (Å²) < 4.78 is 0. The molecule has 0 aliphatic carbocycles. The highest BCUT2D eigenvalue weighted by Gasteiger charge is 2.15. The van der Waals surface area contributed by atoms with Crippen molar-refractivity contribution in [2.45, 2.75) is 19.4 Å². The van der Waals surface area contributed by atoms with Crippen molar-refractivity contribution in [3.05, 3.63) is 58.3 Å². The number of nitrogens with zero attached hydrogens (tertiary/aromatic N) is 2. The van der Waals surface area contributed by atoms with Gasteiger partial charge in [0.2, 0.25) is 0 Å². The summed E-state index contributed by atoms with van der Waals surface area (Å²) in [6, 6.07) is 8.27. The maximum Gasteiger partial charge on any atom is 0.0897 e. The number of rotatable bonds is 4. The van der Waals surface area contributed by atoms with Gasteiger partial charge in [-0.05, 0) is 23.9 Å². The first-order chi connectivity index (χ1) is 9.78. The molecule has 0 aliphatic rings. The van der Waals surface area contributed by atoms with Crippen LogP contribution in [0.3, 0.4) is 0 Å². The van der Waals surface area contributed by atoms with Crippen LogP contribution in [0.2, 0.25) is 0 Å². The number of aryl methyl sites for hydroxylation is 1. The zero-order chi connectivity index (χ0) is 13.9. The molecule has 102 valence electrons. The molecule has 5 heteroatoms. The number of hydrogen-bond acceptors (Lipinski definition) is 5. The minimum absolute atomic E-state index is 0.0319. The summed E-state index contributed by atoms with van der Waals surface area (Å²) in [4.78, 5) is 8.73. The van der Waals surface area contributed by atoms with Gasteiger partial charge in [-0.15, -0.1) is 11.3 Å². The van der Waals surface area contributed by atoms with Crippen LogP contribution in [0.25, 0.3) is 10.8 Å². The molecule has 2 aromatic heterocycles. The van der Waals surface area contributed by atoms with E-state index in [1.165, 1.54) is 5.39 Å². The van der Waals surface area contributed by atoms with Crippen LogP contribution in [-0.2, 0) is 6.42 Å². The van der Waals surface area contributed by atoms with E-state index >= 15 is 0 Å². The molecular weight excluding hydrogens is 268 g/mol. The van der Waals surface area contributed by atoms with Crippen molar-refractivity contribution in [1.82, 2.24) is 15.4 Å². The van der Waals surface area contributed by atoms with E-state index in [1.54, 1.807) is 17.5 Å². The van der Waals surface area contributed by atoms with E-state index in [0.29, 0.717) is 0 Å². The smallest absolute Gasteiger partial charge is 0.0897 e. The SMILES string of the molecule is Cc1nc(CC(NN)c2cccc3ccncc23)cs1. The number of fused-ring (bicyclic) bond motifs is 1. The van der Waals surface area contributed by atoms with E-state index in [9.17, 15) is 0 Å². The molecule has 20 heavy (non-hydrogen) atoms. The number of pyridine rings is 1. The van der Waals surface area contributed by atoms with E-state index < -0.39 is 0 Å². The molecule has 4 nitrogen and oxygen atoms in total. The first kappa shape index (κ1) is 13.2. The van der Waals surface area contributed by atoms with Crippen molar-refractivity contribution in [1.29, 1.82) is 0 Å². The minimum atomic E-state index is 0.0319. The average Bonchev–Trinajstić information content (AvgIpc) is 2.89. The molecule has 0 amide bonds. The van der Waals surface area contributed by atoms with Crippen LogP contribution in [0, 0.1) is 6.92 Å². The molecule has 0 fully saturated rings. The molecule has 1 aromatic carbocycles. The number of hydrogen-bond donors (Lipinski definition) is 2. The van der Waals surface area contributed by atoms with Gasteiger partial charge in [0.05, 0.1) is 16.7 Å². The number of thiazole rings is 1. The average molecular weight is 284 g/mol. The van der Waals surface area contributed by atoms with Crippen molar-refractivity contribution >= 4 is 22.1 Å². The largest absolute Gasteiger partial charge is 0.271 e. The van der Waals surface area contributed by atoms with Crippen molar-refractivity contribution in [2.24, 2.45) is 5.84 Å². The standard InChI is InChI=1S/C15H16N4S/c1-10-18-12(9-20-10)7-15(19-16)13-4-2-3-11-5-6-17-8-14(11)13/h2-6,8-9,15,19H,7,16H2,1H3. The first-order valence-electron chi connectivity index (χ1n) is 6.47. The third-order valence-electron chi connectivity index (χ3n) is 3.37. The van der Waals surface area contributed by atoms with Crippen LogP contribution >= 0.6 is 11.3 Å². The maximum atomic E-state index is 5.76. The lowest BCUT2D eigenvalue weighted by Gasteiger charge is -2.17. The Labute approximate surface area is 121 Å². The Morgan fingerprint density at radius 1 is 1.35 bits per heavy atom. The van der Waals surface area contributed by atoms with Crippen molar-refractivity contribution < 1.29 is 0 Å². The number of benzene rings is 1. The summed E-state index contributed by atoms with van der Waals surface area (Å²) in [5, 5.41) is 5.47. The molecule has 0 spiro atoms. The lowest BCUT2D eigenvalue weighted by molar-refractivity contribution is 0.550. The van der Waals surface area contributed by atoms with Gasteiger partial charge in [-0.1, -0.05) is 18.2 Å². The molecule has 0 radical (unpaired) electrons. The Bertz CT molecular complexity index is 717. The van der Waals surface area contributed by atoms with E-state index in [-0.39, 0.29) is 6.04 Å². The summed E-state index contributed by atoms with van der Waals surface area (Å²) in [5.74, 6) is 5.76. The monoisotopic (exact) mass is 284 g/mol. The van der Waals surface area contributed by atoms with Crippen molar-refractivity contribution in [3.8, 4) is 0 Å². The highest BCUT2D eigenvalue weighted by Crippen LogP contribution is 2.26. The normalized spacial score (nSPS) is 12.7. The highest BCUT2D eigenvalue weighted by molar-refractivity contribution is 7.09. The van der Waals surface area contributed by atoms with Crippen molar-refractivity contribution in [3.63, 3.8) is 0 Å². The van der Waals surface area contributed by atoms with Crippen LogP contribution in [0.5, 0.6) is 0 Å². The summed E-state index contributed by atoms with van der Waals surface area (Å²) in [6.07, 6.45) is 4.47. The van der Waals surface area contributed by atoms with Gasteiger partial charge in [0.15, 0.2) is 0 Å². The summed E-state index contributed by atoms with van der Waals surface area (Å²) in [6.45, 7) is 2.01. The van der Waals surface area contributed by atoms with Crippen LogP contribution in [0.4, 0.5) is 0 Å². The lowest BCUT2D eigenvalue weighted by atomic mass is 9.97. The second-order valence-corrected chi connectivity index (χ2v) is 5.79. The van der Waals surface area contributed by atoms with Gasteiger partial charge in [0.1, 0.15) is 0 Å². The second kappa shape index (κ2) is 5.66. The van der Waals surface area contributed by atoms with Gasteiger partial charge in [0.25, 0.3) is 0 Å². The lowest BCUT2D eigenvalue weighted by Crippen LogP contribution is -2.29. The Morgan fingerprint density at radius 3 is 3.00 bits per heavy atom. The van der Waals surface area contributed by atoms with Gasteiger partial charge in [-0.2, -0.15) is 0 Å². The number of nitrogens with two attached hydrogens (primary N) is 1. The van der Waals surface area contributed by atoms with E-state index in [2.05, 4.69) is 32.9 Å². The molecule has 3 N–H and O–H groups in total. The predicted molar refractivity (Wildman–Crippen MR) is 82.4 cm³/mol. The molecular formula is C15H16N4S. The summed E-state index contributed by atoms with van der Waals surface area (Å²) >= 11 is 1.66. The topological polar surface area (TPSA) is 63.8 Å².